The number of likely N-dealkylation sites (N-methyl/N-ethyl adjacent to an activating group) is 1. The third kappa shape index (κ3) is 3.05. The predicted octanol–water partition coefficient (Wildman–Crippen LogP) is 3.03. The normalized spacial score (nSPS) is 10.6. The molecule has 0 radical (unpaired) electrons. The molecular weight excluding hydrogens is 251 g/mol. The Hall–Kier alpha value is -1.46. The molecule has 2 aromatic rings. The Balaban J connectivity index is 2.12. The number of hydrogen-bond donors (Lipinski definition) is 0. The molecule has 0 amide bonds. The zero-order chi connectivity index (χ0) is 13.0. The average molecular weight is 266 g/mol. The van der Waals surface area contributed by atoms with Gasteiger partial charge < -0.3 is 9.64 Å². The number of thiazole rings is 1. The van der Waals surface area contributed by atoms with E-state index in [9.17, 15) is 4.39 Å². The molecule has 3 nitrogen and oxygen atoms in total. The van der Waals surface area contributed by atoms with Crippen molar-refractivity contribution < 1.29 is 9.13 Å². The van der Waals surface area contributed by atoms with Gasteiger partial charge in [0.2, 0.25) is 0 Å². The quantitative estimate of drug-likeness (QED) is 0.831. The smallest absolute Gasteiger partial charge is 0.185 e. The number of methoxy groups -OCH3 is 1. The minimum Gasteiger partial charge on any atom is -0.383 e. The van der Waals surface area contributed by atoms with Crippen LogP contribution in [0.25, 0.3) is 11.3 Å². The van der Waals surface area contributed by atoms with Gasteiger partial charge in [0.05, 0.1) is 12.3 Å². The van der Waals surface area contributed by atoms with Crippen LogP contribution < -0.4 is 4.90 Å². The number of aromatic nitrogens is 1. The van der Waals surface area contributed by atoms with Gasteiger partial charge in [0.1, 0.15) is 5.82 Å². The molecule has 5 heteroatoms. The van der Waals surface area contributed by atoms with Gasteiger partial charge in [-0.3, -0.25) is 0 Å². The fourth-order valence-electron chi connectivity index (χ4n) is 1.52. The third-order valence-corrected chi connectivity index (χ3v) is 3.54. The number of nitrogens with zero attached hydrogens (tertiary/aromatic N) is 2. The molecule has 2 rings (SSSR count). The van der Waals surface area contributed by atoms with Crippen molar-refractivity contribution in [3.05, 3.63) is 35.5 Å². The molecule has 0 aliphatic carbocycles. The lowest BCUT2D eigenvalue weighted by molar-refractivity contribution is 0.206. The summed E-state index contributed by atoms with van der Waals surface area (Å²) in [5.41, 5.74) is 1.80. The van der Waals surface area contributed by atoms with Crippen molar-refractivity contribution in [3.63, 3.8) is 0 Å². The fourth-order valence-corrected chi connectivity index (χ4v) is 2.34. The minimum atomic E-state index is -0.230. The molecule has 1 heterocycles. The zero-order valence-electron chi connectivity index (χ0n) is 10.4. The first-order valence-electron chi connectivity index (χ1n) is 5.62. The highest BCUT2D eigenvalue weighted by Gasteiger charge is 2.08. The molecule has 1 aromatic heterocycles. The van der Waals surface area contributed by atoms with Crippen molar-refractivity contribution in [1.82, 2.24) is 4.98 Å². The summed E-state index contributed by atoms with van der Waals surface area (Å²) in [6.07, 6.45) is 0. The lowest BCUT2D eigenvalue weighted by Crippen LogP contribution is -2.21. The maximum Gasteiger partial charge on any atom is 0.185 e. The van der Waals surface area contributed by atoms with Crippen LogP contribution in [-0.4, -0.2) is 32.3 Å². The Labute approximate surface area is 110 Å². The SMILES string of the molecule is COCCN(C)c1nc(-c2ccc(F)cc2)cs1. The maximum absolute atomic E-state index is 12.8. The highest BCUT2D eigenvalue weighted by Crippen LogP contribution is 2.26. The molecule has 0 aliphatic heterocycles. The van der Waals surface area contributed by atoms with Gasteiger partial charge in [-0.1, -0.05) is 0 Å². The molecule has 0 saturated heterocycles. The second-order valence-corrected chi connectivity index (χ2v) is 4.77. The van der Waals surface area contributed by atoms with E-state index in [1.807, 2.05) is 17.3 Å². The molecule has 18 heavy (non-hydrogen) atoms. The molecule has 0 spiro atoms. The van der Waals surface area contributed by atoms with E-state index in [1.54, 1.807) is 30.6 Å². The molecule has 0 aliphatic rings. The van der Waals surface area contributed by atoms with Crippen molar-refractivity contribution in [2.45, 2.75) is 0 Å². The molecule has 0 bridgehead atoms. The highest BCUT2D eigenvalue weighted by molar-refractivity contribution is 7.14. The van der Waals surface area contributed by atoms with Crippen LogP contribution >= 0.6 is 11.3 Å². The largest absolute Gasteiger partial charge is 0.383 e. The van der Waals surface area contributed by atoms with Gasteiger partial charge in [-0.15, -0.1) is 11.3 Å². The maximum atomic E-state index is 12.8. The van der Waals surface area contributed by atoms with E-state index in [0.717, 1.165) is 22.9 Å². The Kier molecular flexibility index (Phi) is 4.28. The first-order chi connectivity index (χ1) is 8.70. The first-order valence-corrected chi connectivity index (χ1v) is 6.50. The van der Waals surface area contributed by atoms with Crippen LogP contribution in [0.1, 0.15) is 0 Å². The van der Waals surface area contributed by atoms with Gasteiger partial charge in [-0.2, -0.15) is 0 Å². The van der Waals surface area contributed by atoms with Crippen molar-refractivity contribution >= 4 is 16.5 Å². The third-order valence-electron chi connectivity index (χ3n) is 2.59. The van der Waals surface area contributed by atoms with E-state index in [1.165, 1.54) is 12.1 Å². The Morgan fingerprint density at radius 1 is 1.33 bits per heavy atom. The van der Waals surface area contributed by atoms with E-state index < -0.39 is 0 Å². The topological polar surface area (TPSA) is 25.4 Å². The number of halogens is 1. The van der Waals surface area contributed by atoms with Crippen molar-refractivity contribution in [2.75, 3.05) is 32.2 Å². The first kappa shape index (κ1) is 13.0. The summed E-state index contributed by atoms with van der Waals surface area (Å²) in [7, 11) is 3.66. The standard InChI is InChI=1S/C13H15FN2OS/c1-16(7-8-17-2)13-15-12(9-18-13)10-3-5-11(14)6-4-10/h3-6,9H,7-8H2,1-2H3. The molecule has 0 N–H and O–H groups in total. The monoisotopic (exact) mass is 266 g/mol. The Morgan fingerprint density at radius 2 is 2.06 bits per heavy atom. The molecule has 1 aromatic carbocycles. The summed E-state index contributed by atoms with van der Waals surface area (Å²) >= 11 is 1.57. The van der Waals surface area contributed by atoms with Crippen LogP contribution in [0.5, 0.6) is 0 Å². The molecule has 0 unspecified atom stereocenters. The van der Waals surface area contributed by atoms with Gasteiger partial charge in [-0.05, 0) is 24.3 Å². The number of ether oxygens (including phenoxy) is 1. The molecule has 96 valence electrons. The lowest BCUT2D eigenvalue weighted by Gasteiger charge is -2.14. The van der Waals surface area contributed by atoms with Crippen molar-refractivity contribution in [3.8, 4) is 11.3 Å². The van der Waals surface area contributed by atoms with Crippen LogP contribution in [0.2, 0.25) is 0 Å². The highest BCUT2D eigenvalue weighted by atomic mass is 32.1. The Bertz CT molecular complexity index is 498. The summed E-state index contributed by atoms with van der Waals surface area (Å²) in [6.45, 7) is 1.47. The number of benzene rings is 1. The van der Waals surface area contributed by atoms with Crippen molar-refractivity contribution in [2.24, 2.45) is 0 Å². The van der Waals surface area contributed by atoms with Crippen LogP contribution in [0.15, 0.2) is 29.6 Å². The minimum absolute atomic E-state index is 0.230. The number of hydrogen-bond acceptors (Lipinski definition) is 4. The molecule has 0 atom stereocenters. The second kappa shape index (κ2) is 5.93. The summed E-state index contributed by atoms with van der Waals surface area (Å²) in [5, 5.41) is 2.91. The van der Waals surface area contributed by atoms with Gasteiger partial charge in [-0.25, -0.2) is 9.37 Å². The summed E-state index contributed by atoms with van der Waals surface area (Å²) in [6, 6.07) is 6.37. The summed E-state index contributed by atoms with van der Waals surface area (Å²) in [5.74, 6) is -0.230. The van der Waals surface area contributed by atoms with Crippen LogP contribution in [-0.2, 0) is 4.74 Å². The Morgan fingerprint density at radius 3 is 2.72 bits per heavy atom. The number of anilines is 1. The van der Waals surface area contributed by atoms with Gasteiger partial charge in [0.25, 0.3) is 0 Å². The average Bonchev–Trinajstić information content (AvgIpc) is 2.86. The van der Waals surface area contributed by atoms with Crippen LogP contribution in [0.4, 0.5) is 9.52 Å². The zero-order valence-corrected chi connectivity index (χ0v) is 11.2. The van der Waals surface area contributed by atoms with E-state index in [2.05, 4.69) is 4.98 Å². The van der Waals surface area contributed by atoms with E-state index in [4.69, 9.17) is 4.74 Å². The van der Waals surface area contributed by atoms with Gasteiger partial charge in [0.15, 0.2) is 5.13 Å². The summed E-state index contributed by atoms with van der Waals surface area (Å²) < 4.78 is 17.9. The van der Waals surface area contributed by atoms with E-state index in [0.29, 0.717) is 6.61 Å². The summed E-state index contributed by atoms with van der Waals surface area (Å²) in [4.78, 5) is 6.57. The number of rotatable bonds is 5. The predicted molar refractivity (Wildman–Crippen MR) is 72.7 cm³/mol. The molecule has 0 fully saturated rings. The van der Waals surface area contributed by atoms with Gasteiger partial charge >= 0.3 is 0 Å². The molecule has 0 saturated carbocycles. The van der Waals surface area contributed by atoms with Crippen LogP contribution in [0, 0.1) is 5.82 Å². The van der Waals surface area contributed by atoms with E-state index >= 15 is 0 Å². The molecular formula is C13H15FN2OS. The van der Waals surface area contributed by atoms with Crippen LogP contribution in [0.3, 0.4) is 0 Å². The second-order valence-electron chi connectivity index (χ2n) is 3.94. The van der Waals surface area contributed by atoms with Gasteiger partial charge in [0, 0.05) is 31.6 Å². The van der Waals surface area contributed by atoms with E-state index in [-0.39, 0.29) is 5.82 Å². The fraction of sp³-hybridized carbons (Fsp3) is 0.308. The lowest BCUT2D eigenvalue weighted by atomic mass is 10.2. The van der Waals surface area contributed by atoms with Crippen molar-refractivity contribution in [1.29, 1.82) is 0 Å².